The summed E-state index contributed by atoms with van der Waals surface area (Å²) in [6, 6.07) is 1.79. The highest BCUT2D eigenvalue weighted by Gasteiger charge is 2.28. The first kappa shape index (κ1) is 12.3. The molecule has 1 aliphatic rings. The van der Waals surface area contributed by atoms with E-state index in [1.165, 1.54) is 24.2 Å². The summed E-state index contributed by atoms with van der Waals surface area (Å²) in [5, 5.41) is 4.34. The lowest BCUT2D eigenvalue weighted by Crippen LogP contribution is -2.18. The molecule has 2 rings (SSSR count). The summed E-state index contributed by atoms with van der Waals surface area (Å²) < 4.78 is 12.2. The molecule has 1 heterocycles. The molecule has 1 fully saturated rings. The molecule has 0 amide bonds. The van der Waals surface area contributed by atoms with Crippen LogP contribution in [0.4, 0.5) is 0 Å². The van der Waals surface area contributed by atoms with E-state index >= 15 is 0 Å². The van der Waals surface area contributed by atoms with Gasteiger partial charge >= 0.3 is 0 Å². The molecule has 0 aliphatic heterocycles. The minimum atomic E-state index is -3.07. The molecule has 16 heavy (non-hydrogen) atoms. The minimum absolute atomic E-state index is 0.451. The molecule has 1 unspecified atom stereocenters. The van der Waals surface area contributed by atoms with Crippen LogP contribution in [0.25, 0.3) is 0 Å². The van der Waals surface area contributed by atoms with Crippen LogP contribution in [0.3, 0.4) is 0 Å². The first-order valence-electron chi connectivity index (χ1n) is 5.92. The lowest BCUT2D eigenvalue weighted by Gasteiger charge is -2.27. The zero-order valence-corrected chi connectivity index (χ0v) is 11.3. The van der Waals surface area contributed by atoms with Crippen molar-refractivity contribution in [2.45, 2.75) is 32.6 Å². The van der Waals surface area contributed by atoms with Gasteiger partial charge in [0.25, 0.3) is 0 Å². The Balaban J connectivity index is 1.97. The molecule has 0 aromatic carbocycles. The maximum Gasteiger partial charge on any atom is 0.230 e. The molecule has 4 heteroatoms. The van der Waals surface area contributed by atoms with E-state index in [0.29, 0.717) is 17.4 Å². The molecule has 1 aromatic heterocycles. The molecule has 0 radical (unpaired) electrons. The van der Waals surface area contributed by atoms with Crippen molar-refractivity contribution in [3.8, 4) is 0 Å². The third-order valence-corrected chi connectivity index (χ3v) is 6.51. The van der Waals surface area contributed by atoms with Crippen LogP contribution in [-0.4, -0.2) is 11.1 Å². The average Bonchev–Trinajstić information content (AvgIpc) is 2.75. The average molecular weight is 258 g/mol. The zero-order chi connectivity index (χ0) is 11.6. The fourth-order valence-electron chi connectivity index (χ4n) is 2.42. The van der Waals surface area contributed by atoms with Gasteiger partial charge in [-0.05, 0) is 36.1 Å². The molecular weight excluding hydrogens is 239 g/mol. The van der Waals surface area contributed by atoms with Crippen LogP contribution in [0, 0.1) is 11.8 Å². The van der Waals surface area contributed by atoms with Gasteiger partial charge in [0.05, 0.1) is 0 Å². The van der Waals surface area contributed by atoms with Crippen LogP contribution in [-0.2, 0) is 4.57 Å². The van der Waals surface area contributed by atoms with Gasteiger partial charge in [0.15, 0.2) is 0 Å². The number of thiophene rings is 1. The van der Waals surface area contributed by atoms with Crippen LogP contribution in [0.5, 0.6) is 0 Å². The summed E-state index contributed by atoms with van der Waals surface area (Å²) in [5.74, 6) is 1.25. The largest absolute Gasteiger partial charge is 0.341 e. The Bertz CT molecular complexity index is 366. The maximum absolute atomic E-state index is 12.2. The summed E-state index contributed by atoms with van der Waals surface area (Å²) >= 11 is 1.50. The first-order chi connectivity index (χ1) is 7.58. The van der Waals surface area contributed by atoms with Gasteiger partial charge in [0, 0.05) is 16.8 Å². The fourth-order valence-corrected chi connectivity index (χ4v) is 5.47. The normalized spacial score (nSPS) is 29.9. The van der Waals surface area contributed by atoms with E-state index in [2.05, 4.69) is 6.92 Å². The van der Waals surface area contributed by atoms with Crippen molar-refractivity contribution in [1.29, 1.82) is 0 Å². The standard InChI is InChI=1S/C12H19O2PS/c1-10-2-4-11(5-3-10)8-15(13,14)12-6-7-16-9-12/h6-7,9-11H,2-5,8H2,1H3,(H,13,14). The third kappa shape index (κ3) is 2.97. The highest BCUT2D eigenvalue weighted by Crippen LogP contribution is 2.45. The predicted molar refractivity (Wildman–Crippen MR) is 69.8 cm³/mol. The van der Waals surface area contributed by atoms with Crippen LogP contribution >= 0.6 is 18.7 Å². The van der Waals surface area contributed by atoms with Crippen LogP contribution in [0.2, 0.25) is 0 Å². The second-order valence-corrected chi connectivity index (χ2v) is 8.06. The monoisotopic (exact) mass is 258 g/mol. The smallest absolute Gasteiger partial charge is 0.230 e. The molecular formula is C12H19O2PS. The predicted octanol–water partition coefficient (Wildman–Crippen LogP) is 3.47. The Labute approximate surface area is 101 Å². The molecule has 0 bridgehead atoms. The Morgan fingerprint density at radius 1 is 1.44 bits per heavy atom. The van der Waals surface area contributed by atoms with Crippen molar-refractivity contribution in [1.82, 2.24) is 0 Å². The Morgan fingerprint density at radius 3 is 2.69 bits per heavy atom. The van der Waals surface area contributed by atoms with Gasteiger partial charge in [-0.25, -0.2) is 0 Å². The van der Waals surface area contributed by atoms with Crippen molar-refractivity contribution in [2.24, 2.45) is 11.8 Å². The molecule has 1 aromatic rings. The summed E-state index contributed by atoms with van der Waals surface area (Å²) in [4.78, 5) is 10.1. The van der Waals surface area contributed by atoms with Gasteiger partial charge in [0.1, 0.15) is 0 Å². The molecule has 1 aliphatic carbocycles. The second-order valence-electron chi connectivity index (χ2n) is 4.99. The number of hydrogen-bond donors (Lipinski definition) is 1. The molecule has 90 valence electrons. The van der Waals surface area contributed by atoms with E-state index in [1.54, 1.807) is 6.07 Å². The van der Waals surface area contributed by atoms with Gasteiger partial charge in [0.2, 0.25) is 7.37 Å². The second kappa shape index (κ2) is 5.03. The van der Waals surface area contributed by atoms with Gasteiger partial charge in [-0.1, -0.05) is 19.8 Å². The topological polar surface area (TPSA) is 37.3 Å². The lowest BCUT2D eigenvalue weighted by molar-refractivity contribution is 0.305. The van der Waals surface area contributed by atoms with Gasteiger partial charge in [-0.15, -0.1) is 0 Å². The molecule has 0 saturated heterocycles. The summed E-state index contributed by atoms with van der Waals surface area (Å²) in [6.45, 7) is 2.27. The molecule has 0 spiro atoms. The van der Waals surface area contributed by atoms with Crippen LogP contribution in [0.15, 0.2) is 16.8 Å². The maximum atomic E-state index is 12.2. The summed E-state index contributed by atoms with van der Waals surface area (Å²) in [7, 11) is -3.07. The van der Waals surface area contributed by atoms with Crippen LogP contribution < -0.4 is 5.30 Å². The van der Waals surface area contributed by atoms with Crippen molar-refractivity contribution < 1.29 is 9.46 Å². The molecule has 1 N–H and O–H groups in total. The number of hydrogen-bond acceptors (Lipinski definition) is 2. The Kier molecular flexibility index (Phi) is 3.89. The van der Waals surface area contributed by atoms with Crippen molar-refractivity contribution in [3.63, 3.8) is 0 Å². The first-order valence-corrected chi connectivity index (χ1v) is 8.71. The summed E-state index contributed by atoms with van der Waals surface area (Å²) in [5.41, 5.74) is 0. The van der Waals surface area contributed by atoms with E-state index in [-0.39, 0.29) is 0 Å². The van der Waals surface area contributed by atoms with Crippen LogP contribution in [0.1, 0.15) is 32.6 Å². The van der Waals surface area contributed by atoms with Gasteiger partial charge in [-0.3, -0.25) is 4.57 Å². The SMILES string of the molecule is CC1CCC(CP(=O)(O)c2ccsc2)CC1. The Morgan fingerprint density at radius 2 is 2.12 bits per heavy atom. The molecule has 1 saturated carbocycles. The Hall–Kier alpha value is -0.110. The van der Waals surface area contributed by atoms with Crippen molar-refractivity contribution in [3.05, 3.63) is 16.8 Å². The lowest BCUT2D eigenvalue weighted by atomic mass is 9.84. The van der Waals surface area contributed by atoms with Crippen molar-refractivity contribution in [2.75, 3.05) is 6.16 Å². The third-order valence-electron chi connectivity index (χ3n) is 3.55. The van der Waals surface area contributed by atoms with Gasteiger partial charge < -0.3 is 4.89 Å². The zero-order valence-electron chi connectivity index (χ0n) is 9.63. The van der Waals surface area contributed by atoms with E-state index in [9.17, 15) is 9.46 Å². The number of rotatable bonds is 3. The van der Waals surface area contributed by atoms with E-state index in [1.807, 2.05) is 10.8 Å². The quantitative estimate of drug-likeness (QED) is 0.843. The highest BCUT2D eigenvalue weighted by molar-refractivity contribution is 7.66. The minimum Gasteiger partial charge on any atom is -0.341 e. The highest BCUT2D eigenvalue weighted by atomic mass is 32.1. The van der Waals surface area contributed by atoms with E-state index in [4.69, 9.17) is 0 Å². The van der Waals surface area contributed by atoms with Gasteiger partial charge in [-0.2, -0.15) is 11.3 Å². The van der Waals surface area contributed by atoms with E-state index in [0.717, 1.165) is 18.8 Å². The van der Waals surface area contributed by atoms with Crippen molar-refractivity contribution >= 4 is 24.0 Å². The van der Waals surface area contributed by atoms with E-state index < -0.39 is 7.37 Å². The molecule has 2 nitrogen and oxygen atoms in total. The molecule has 1 atom stereocenters. The summed E-state index contributed by atoms with van der Waals surface area (Å²) in [6.07, 6.45) is 5.16. The fraction of sp³-hybridized carbons (Fsp3) is 0.667.